The normalized spacial score (nSPS) is 12.2. The Bertz CT molecular complexity index is 460. The van der Waals surface area contributed by atoms with Crippen molar-refractivity contribution in [1.29, 1.82) is 5.26 Å². The van der Waals surface area contributed by atoms with Gasteiger partial charge in [0.2, 0.25) is 0 Å². The molecule has 3 heteroatoms. The summed E-state index contributed by atoms with van der Waals surface area (Å²) in [4.78, 5) is 12.2. The van der Waals surface area contributed by atoms with Gasteiger partial charge in [0.05, 0.1) is 6.07 Å². The fraction of sp³-hybridized carbons (Fsp3) is 0.429. The second-order valence-electron chi connectivity index (χ2n) is 4.63. The second kappa shape index (κ2) is 5.97. The zero-order valence-electron chi connectivity index (χ0n) is 10.3. The van der Waals surface area contributed by atoms with Crippen molar-refractivity contribution in [2.45, 2.75) is 27.2 Å². The van der Waals surface area contributed by atoms with Crippen LogP contribution in [0.3, 0.4) is 0 Å². The molecule has 0 aliphatic carbocycles. The third-order valence-corrected chi connectivity index (χ3v) is 3.14. The summed E-state index contributed by atoms with van der Waals surface area (Å²) in [6.45, 7) is 5.93. The number of carbonyl (C=O) groups is 1. The maximum atomic E-state index is 12.2. The molecule has 1 unspecified atom stereocenters. The Hall–Kier alpha value is -1.14. The number of nitriles is 1. The molecule has 0 saturated carbocycles. The molecule has 1 atom stereocenters. The van der Waals surface area contributed by atoms with Crippen molar-refractivity contribution in [1.82, 2.24) is 0 Å². The van der Waals surface area contributed by atoms with Gasteiger partial charge in [0.25, 0.3) is 0 Å². The van der Waals surface area contributed by atoms with E-state index in [1.54, 1.807) is 6.07 Å². The van der Waals surface area contributed by atoms with Crippen molar-refractivity contribution in [2.75, 3.05) is 0 Å². The van der Waals surface area contributed by atoms with E-state index in [1.165, 1.54) is 0 Å². The van der Waals surface area contributed by atoms with Gasteiger partial charge in [0, 0.05) is 10.0 Å². The predicted molar refractivity (Wildman–Crippen MR) is 71.8 cm³/mol. The minimum atomic E-state index is -0.539. The number of nitrogens with zero attached hydrogens (tertiary/aromatic N) is 1. The highest BCUT2D eigenvalue weighted by Gasteiger charge is 2.22. The first kappa shape index (κ1) is 13.9. The van der Waals surface area contributed by atoms with Crippen LogP contribution >= 0.6 is 15.9 Å². The Balaban J connectivity index is 3.02. The molecular weight excluding hydrogens is 278 g/mol. The smallest absolute Gasteiger partial charge is 0.180 e. The second-order valence-corrected chi connectivity index (χ2v) is 5.55. The van der Waals surface area contributed by atoms with Crippen molar-refractivity contribution < 1.29 is 4.79 Å². The van der Waals surface area contributed by atoms with E-state index >= 15 is 0 Å². The van der Waals surface area contributed by atoms with Gasteiger partial charge in [0.15, 0.2) is 5.78 Å². The summed E-state index contributed by atoms with van der Waals surface area (Å²) in [6, 6.07) is 7.70. The molecular formula is C14H16BrNO. The largest absolute Gasteiger partial charge is 0.293 e. The fourth-order valence-corrected chi connectivity index (χ4v) is 2.10. The van der Waals surface area contributed by atoms with Crippen LogP contribution in [0.15, 0.2) is 22.7 Å². The van der Waals surface area contributed by atoms with Crippen LogP contribution < -0.4 is 0 Å². The summed E-state index contributed by atoms with van der Waals surface area (Å²) in [6.07, 6.45) is 0.612. The van der Waals surface area contributed by atoms with Gasteiger partial charge in [-0.25, -0.2) is 0 Å². The minimum Gasteiger partial charge on any atom is -0.293 e. The highest BCUT2D eigenvalue weighted by molar-refractivity contribution is 9.10. The highest BCUT2D eigenvalue weighted by atomic mass is 79.9. The number of halogens is 1. The van der Waals surface area contributed by atoms with E-state index in [0.29, 0.717) is 17.9 Å². The van der Waals surface area contributed by atoms with Gasteiger partial charge in [-0.15, -0.1) is 0 Å². The third kappa shape index (κ3) is 3.67. The van der Waals surface area contributed by atoms with E-state index in [-0.39, 0.29) is 5.78 Å². The summed E-state index contributed by atoms with van der Waals surface area (Å²) in [5.41, 5.74) is 1.56. The summed E-state index contributed by atoms with van der Waals surface area (Å²) in [5.74, 6) is -0.265. The molecule has 0 bridgehead atoms. The van der Waals surface area contributed by atoms with E-state index in [2.05, 4.69) is 22.0 Å². The van der Waals surface area contributed by atoms with Crippen LogP contribution in [0.1, 0.15) is 36.2 Å². The van der Waals surface area contributed by atoms with Gasteiger partial charge in [-0.3, -0.25) is 4.79 Å². The molecule has 0 fully saturated rings. The maximum absolute atomic E-state index is 12.2. The van der Waals surface area contributed by atoms with E-state index in [9.17, 15) is 4.79 Å². The number of Topliss-reactive ketones (excluding diaryl/α,β-unsaturated/α-hetero) is 1. The topological polar surface area (TPSA) is 40.9 Å². The number of rotatable bonds is 4. The number of aryl methyl sites for hydroxylation is 1. The number of ketones is 1. The molecule has 0 aromatic heterocycles. The van der Waals surface area contributed by atoms with Gasteiger partial charge in [-0.1, -0.05) is 35.8 Å². The van der Waals surface area contributed by atoms with Crippen LogP contribution in [-0.2, 0) is 0 Å². The fourth-order valence-electron chi connectivity index (χ4n) is 1.74. The lowest BCUT2D eigenvalue weighted by Crippen LogP contribution is -2.16. The van der Waals surface area contributed by atoms with Crippen molar-refractivity contribution in [3.8, 4) is 6.07 Å². The molecule has 90 valence electrons. The SMILES string of the molecule is Cc1ccc(Br)cc1C(=O)C(C#N)CC(C)C. The summed E-state index contributed by atoms with van der Waals surface area (Å²) in [5, 5.41) is 9.08. The lowest BCUT2D eigenvalue weighted by molar-refractivity contribution is 0.0936. The molecule has 0 heterocycles. The van der Waals surface area contributed by atoms with Crippen LogP contribution in [0.25, 0.3) is 0 Å². The Morgan fingerprint density at radius 1 is 1.47 bits per heavy atom. The van der Waals surface area contributed by atoms with Crippen molar-refractivity contribution in [2.24, 2.45) is 11.8 Å². The first-order valence-electron chi connectivity index (χ1n) is 5.65. The molecule has 0 aliphatic rings. The van der Waals surface area contributed by atoms with Gasteiger partial charge < -0.3 is 0 Å². The average molecular weight is 294 g/mol. The van der Waals surface area contributed by atoms with E-state index in [4.69, 9.17) is 5.26 Å². The van der Waals surface area contributed by atoms with Crippen LogP contribution in [0.4, 0.5) is 0 Å². The summed E-state index contributed by atoms with van der Waals surface area (Å²) >= 11 is 3.35. The summed E-state index contributed by atoms with van der Waals surface area (Å²) < 4.78 is 0.868. The van der Waals surface area contributed by atoms with Crippen molar-refractivity contribution >= 4 is 21.7 Å². The average Bonchev–Trinajstić information content (AvgIpc) is 2.28. The number of hydrogen-bond acceptors (Lipinski definition) is 2. The first-order valence-corrected chi connectivity index (χ1v) is 6.45. The third-order valence-electron chi connectivity index (χ3n) is 2.64. The molecule has 1 rings (SSSR count). The minimum absolute atomic E-state index is 0.0694. The lowest BCUT2D eigenvalue weighted by Gasteiger charge is -2.12. The monoisotopic (exact) mass is 293 g/mol. The van der Waals surface area contributed by atoms with Crippen LogP contribution in [0, 0.1) is 30.1 Å². The van der Waals surface area contributed by atoms with Crippen LogP contribution in [0.5, 0.6) is 0 Å². The Morgan fingerprint density at radius 3 is 2.65 bits per heavy atom. The zero-order valence-corrected chi connectivity index (χ0v) is 11.9. The standard InChI is InChI=1S/C14H16BrNO/c1-9(2)6-11(8-16)14(17)13-7-12(15)5-4-10(13)3/h4-5,7,9,11H,6H2,1-3H3. The molecule has 0 saturated heterocycles. The molecule has 1 aromatic carbocycles. The van der Waals surface area contributed by atoms with Gasteiger partial charge in [0.1, 0.15) is 5.92 Å². The molecule has 1 aromatic rings. The molecule has 0 amide bonds. The number of hydrogen-bond donors (Lipinski definition) is 0. The molecule has 0 aliphatic heterocycles. The van der Waals surface area contributed by atoms with Gasteiger partial charge in [-0.2, -0.15) is 5.26 Å². The van der Waals surface area contributed by atoms with Gasteiger partial charge >= 0.3 is 0 Å². The maximum Gasteiger partial charge on any atom is 0.180 e. The van der Waals surface area contributed by atoms with E-state index in [1.807, 2.05) is 32.9 Å². The van der Waals surface area contributed by atoms with Crippen LogP contribution in [0.2, 0.25) is 0 Å². The molecule has 17 heavy (non-hydrogen) atoms. The van der Waals surface area contributed by atoms with Crippen LogP contribution in [-0.4, -0.2) is 5.78 Å². The Morgan fingerprint density at radius 2 is 2.12 bits per heavy atom. The number of benzene rings is 1. The zero-order chi connectivity index (χ0) is 13.0. The number of carbonyl (C=O) groups excluding carboxylic acids is 1. The predicted octanol–water partition coefficient (Wildman–Crippen LogP) is 4.13. The quantitative estimate of drug-likeness (QED) is 0.783. The molecule has 0 spiro atoms. The lowest BCUT2D eigenvalue weighted by atomic mass is 9.89. The van der Waals surface area contributed by atoms with E-state index in [0.717, 1.165) is 10.0 Å². The molecule has 0 radical (unpaired) electrons. The Labute approximate surface area is 111 Å². The van der Waals surface area contributed by atoms with Crippen molar-refractivity contribution in [3.63, 3.8) is 0 Å². The van der Waals surface area contributed by atoms with Crippen molar-refractivity contribution in [3.05, 3.63) is 33.8 Å². The Kier molecular flexibility index (Phi) is 4.89. The van der Waals surface area contributed by atoms with E-state index < -0.39 is 5.92 Å². The van der Waals surface area contributed by atoms with Gasteiger partial charge in [-0.05, 0) is 37.0 Å². The first-order chi connectivity index (χ1) is 7.95. The molecule has 2 nitrogen and oxygen atoms in total. The molecule has 0 N–H and O–H groups in total. The summed E-state index contributed by atoms with van der Waals surface area (Å²) in [7, 11) is 0. The highest BCUT2D eigenvalue weighted by Crippen LogP contribution is 2.22.